The summed E-state index contributed by atoms with van der Waals surface area (Å²) in [6.07, 6.45) is 0.128. The van der Waals surface area contributed by atoms with Gasteiger partial charge in [-0.15, -0.1) is 0 Å². The fraction of sp³-hybridized carbons (Fsp3) is 0.417. The predicted molar refractivity (Wildman–Crippen MR) is 130 cm³/mol. The predicted octanol–water partition coefficient (Wildman–Crippen LogP) is 2.45. The second-order valence-electron chi connectivity index (χ2n) is 8.27. The van der Waals surface area contributed by atoms with Crippen molar-refractivity contribution in [1.29, 1.82) is 0 Å². The number of benzene rings is 2. The molecule has 2 amide bonds. The Balaban J connectivity index is 1.64. The van der Waals surface area contributed by atoms with Crippen LogP contribution in [0.5, 0.6) is 0 Å². The van der Waals surface area contributed by atoms with Gasteiger partial charge in [0.2, 0.25) is 21.8 Å². The summed E-state index contributed by atoms with van der Waals surface area (Å²) < 4.78 is 26.7. The summed E-state index contributed by atoms with van der Waals surface area (Å²) in [5.41, 5.74) is 2.63. The summed E-state index contributed by atoms with van der Waals surface area (Å²) in [6.45, 7) is 5.03. The SMILES string of the molecule is CCN(CC)S(=O)(=O)c1ccc(N2CC(C(=O)NCc3cccc(N(C)C)c3)CC2=O)cc1. The zero-order valence-electron chi connectivity index (χ0n) is 19.6. The van der Waals surface area contributed by atoms with Gasteiger partial charge in [-0.25, -0.2) is 8.42 Å². The topological polar surface area (TPSA) is 90.0 Å². The Morgan fingerprint density at radius 2 is 1.76 bits per heavy atom. The van der Waals surface area contributed by atoms with E-state index in [1.54, 1.807) is 30.9 Å². The van der Waals surface area contributed by atoms with Crippen LogP contribution in [-0.2, 0) is 26.2 Å². The summed E-state index contributed by atoms with van der Waals surface area (Å²) >= 11 is 0. The molecule has 0 saturated carbocycles. The largest absolute Gasteiger partial charge is 0.378 e. The van der Waals surface area contributed by atoms with Crippen molar-refractivity contribution in [3.63, 3.8) is 0 Å². The third-order valence-corrected chi connectivity index (χ3v) is 7.95. The zero-order valence-corrected chi connectivity index (χ0v) is 20.4. The fourth-order valence-electron chi connectivity index (χ4n) is 3.92. The van der Waals surface area contributed by atoms with Crippen molar-refractivity contribution in [2.45, 2.75) is 31.7 Å². The first-order chi connectivity index (χ1) is 15.7. The fourth-order valence-corrected chi connectivity index (χ4v) is 5.38. The number of nitrogens with one attached hydrogen (secondary N) is 1. The van der Waals surface area contributed by atoms with Gasteiger partial charge in [0, 0.05) is 58.1 Å². The molecule has 9 heteroatoms. The molecule has 3 rings (SSSR count). The number of hydrogen-bond donors (Lipinski definition) is 1. The summed E-state index contributed by atoms with van der Waals surface area (Å²) in [4.78, 5) is 29.0. The number of rotatable bonds is 9. The molecular formula is C24H32N4O4S. The monoisotopic (exact) mass is 472 g/mol. The number of carbonyl (C=O) groups excluding carboxylic acids is 2. The second-order valence-corrected chi connectivity index (χ2v) is 10.2. The maximum Gasteiger partial charge on any atom is 0.243 e. The molecule has 0 aromatic heterocycles. The highest BCUT2D eigenvalue weighted by atomic mass is 32.2. The number of carbonyl (C=O) groups is 2. The minimum atomic E-state index is -3.56. The van der Waals surface area contributed by atoms with Crippen LogP contribution in [0.3, 0.4) is 0 Å². The molecule has 0 spiro atoms. The average molecular weight is 473 g/mol. The Morgan fingerprint density at radius 3 is 2.36 bits per heavy atom. The molecule has 0 radical (unpaired) electrons. The molecule has 33 heavy (non-hydrogen) atoms. The van der Waals surface area contributed by atoms with Gasteiger partial charge in [0.1, 0.15) is 0 Å². The molecule has 1 heterocycles. The molecule has 0 bridgehead atoms. The van der Waals surface area contributed by atoms with Crippen LogP contribution in [0.1, 0.15) is 25.8 Å². The van der Waals surface area contributed by atoms with E-state index in [1.807, 2.05) is 43.3 Å². The minimum absolute atomic E-state index is 0.128. The van der Waals surface area contributed by atoms with E-state index in [4.69, 9.17) is 0 Å². The second kappa shape index (κ2) is 10.4. The molecule has 2 aromatic carbocycles. The lowest BCUT2D eigenvalue weighted by atomic mass is 10.1. The molecule has 1 aliphatic rings. The highest BCUT2D eigenvalue weighted by Crippen LogP contribution is 2.27. The van der Waals surface area contributed by atoms with Gasteiger partial charge in [-0.3, -0.25) is 9.59 Å². The smallest absolute Gasteiger partial charge is 0.243 e. The first-order valence-electron chi connectivity index (χ1n) is 11.1. The van der Waals surface area contributed by atoms with Gasteiger partial charge in [-0.05, 0) is 42.0 Å². The Hall–Kier alpha value is -2.91. The summed E-state index contributed by atoms with van der Waals surface area (Å²) in [6, 6.07) is 14.2. The number of amides is 2. The molecule has 178 valence electrons. The highest BCUT2D eigenvalue weighted by molar-refractivity contribution is 7.89. The Morgan fingerprint density at radius 1 is 1.09 bits per heavy atom. The molecule has 1 N–H and O–H groups in total. The van der Waals surface area contributed by atoms with Crippen molar-refractivity contribution in [3.8, 4) is 0 Å². The Labute approximate surface area is 196 Å². The first kappa shape index (κ1) is 24.7. The van der Waals surface area contributed by atoms with Crippen molar-refractivity contribution >= 4 is 33.2 Å². The zero-order chi connectivity index (χ0) is 24.2. The van der Waals surface area contributed by atoms with Crippen LogP contribution in [0.2, 0.25) is 0 Å². The maximum absolute atomic E-state index is 12.7. The lowest BCUT2D eigenvalue weighted by molar-refractivity contribution is -0.126. The van der Waals surface area contributed by atoms with Crippen LogP contribution in [0, 0.1) is 5.92 Å². The molecular weight excluding hydrogens is 440 g/mol. The van der Waals surface area contributed by atoms with E-state index < -0.39 is 15.9 Å². The van der Waals surface area contributed by atoms with Gasteiger partial charge in [0.25, 0.3) is 0 Å². The van der Waals surface area contributed by atoms with Crippen molar-refractivity contribution in [2.24, 2.45) is 5.92 Å². The molecule has 1 aliphatic heterocycles. The van der Waals surface area contributed by atoms with Gasteiger partial charge in [0.05, 0.1) is 10.8 Å². The Kier molecular flexibility index (Phi) is 7.76. The van der Waals surface area contributed by atoms with Crippen LogP contribution in [-0.4, -0.2) is 58.3 Å². The van der Waals surface area contributed by atoms with E-state index in [0.717, 1.165) is 11.3 Å². The molecule has 8 nitrogen and oxygen atoms in total. The normalized spacial score (nSPS) is 16.3. The average Bonchev–Trinajstić information content (AvgIpc) is 3.20. The third kappa shape index (κ3) is 5.54. The van der Waals surface area contributed by atoms with E-state index in [2.05, 4.69) is 5.32 Å². The van der Waals surface area contributed by atoms with Crippen LogP contribution < -0.4 is 15.1 Å². The van der Waals surface area contributed by atoms with E-state index in [1.165, 1.54) is 16.4 Å². The van der Waals surface area contributed by atoms with Crippen LogP contribution in [0.25, 0.3) is 0 Å². The van der Waals surface area contributed by atoms with Gasteiger partial charge in [-0.1, -0.05) is 26.0 Å². The maximum atomic E-state index is 12.7. The number of hydrogen-bond acceptors (Lipinski definition) is 5. The van der Waals surface area contributed by atoms with Gasteiger partial charge < -0.3 is 15.1 Å². The van der Waals surface area contributed by atoms with Crippen LogP contribution >= 0.6 is 0 Å². The molecule has 1 saturated heterocycles. The Bertz CT molecular complexity index is 1100. The standard InChI is InChI=1S/C24H32N4O4S/c1-5-27(6-2)33(31,32)22-12-10-20(11-13-22)28-17-19(15-23(28)29)24(30)25-16-18-8-7-9-21(14-18)26(3)4/h7-14,19H,5-6,15-17H2,1-4H3,(H,25,30). The summed E-state index contributed by atoms with van der Waals surface area (Å²) in [7, 11) is 0.362. The lowest BCUT2D eigenvalue weighted by Crippen LogP contribution is -2.32. The molecule has 1 fully saturated rings. The van der Waals surface area contributed by atoms with Crippen molar-refractivity contribution in [1.82, 2.24) is 9.62 Å². The minimum Gasteiger partial charge on any atom is -0.378 e. The van der Waals surface area contributed by atoms with Crippen molar-refractivity contribution < 1.29 is 18.0 Å². The van der Waals surface area contributed by atoms with E-state index >= 15 is 0 Å². The molecule has 1 atom stereocenters. The summed E-state index contributed by atoms with van der Waals surface area (Å²) in [5.74, 6) is -0.764. The van der Waals surface area contributed by atoms with Crippen molar-refractivity contribution in [2.75, 3.05) is 43.5 Å². The van der Waals surface area contributed by atoms with Crippen LogP contribution in [0.4, 0.5) is 11.4 Å². The highest BCUT2D eigenvalue weighted by Gasteiger charge is 2.35. The van der Waals surface area contributed by atoms with E-state index in [9.17, 15) is 18.0 Å². The van der Waals surface area contributed by atoms with E-state index in [-0.39, 0.29) is 29.7 Å². The lowest BCUT2D eigenvalue weighted by Gasteiger charge is -2.20. The van der Waals surface area contributed by atoms with Gasteiger partial charge in [0.15, 0.2) is 0 Å². The van der Waals surface area contributed by atoms with Crippen molar-refractivity contribution in [3.05, 3.63) is 54.1 Å². The first-order valence-corrected chi connectivity index (χ1v) is 12.6. The molecule has 2 aromatic rings. The van der Waals surface area contributed by atoms with Gasteiger partial charge >= 0.3 is 0 Å². The molecule has 0 aliphatic carbocycles. The molecule has 1 unspecified atom stereocenters. The third-order valence-electron chi connectivity index (χ3n) is 5.88. The quantitative estimate of drug-likeness (QED) is 0.606. The number of sulfonamides is 1. The number of anilines is 2. The van der Waals surface area contributed by atoms with E-state index in [0.29, 0.717) is 25.3 Å². The van der Waals surface area contributed by atoms with Crippen LogP contribution in [0.15, 0.2) is 53.4 Å². The summed E-state index contributed by atoms with van der Waals surface area (Å²) in [5, 5.41) is 2.93. The van der Waals surface area contributed by atoms with Gasteiger partial charge in [-0.2, -0.15) is 4.31 Å². The number of nitrogens with zero attached hydrogens (tertiary/aromatic N) is 3.